The summed E-state index contributed by atoms with van der Waals surface area (Å²) < 4.78 is 10.5. The Hall–Kier alpha value is -2.81. The van der Waals surface area contributed by atoms with E-state index in [1.54, 1.807) is 38.4 Å². The number of carbonyl (C=O) groups excluding carboxylic acids is 1. The van der Waals surface area contributed by atoms with Gasteiger partial charge in [-0.05, 0) is 31.5 Å². The first kappa shape index (κ1) is 14.6. The van der Waals surface area contributed by atoms with Gasteiger partial charge in [-0.1, -0.05) is 0 Å². The van der Waals surface area contributed by atoms with Gasteiger partial charge in [-0.15, -0.1) is 0 Å². The van der Waals surface area contributed by atoms with E-state index in [1.807, 2.05) is 6.07 Å². The van der Waals surface area contributed by atoms with Crippen LogP contribution in [0.3, 0.4) is 0 Å². The standard InChI is InChI=1S/C15H15N3O3/c1-3-20-15(19)13-11(8-16)14(17)21-9(2)12(13)10-4-6-18-7-5-10/h4-7,13H,3,17H2,1-2H3/t13-/m1/s1. The molecule has 6 heteroatoms. The molecular weight excluding hydrogens is 270 g/mol. The van der Waals surface area contributed by atoms with Crippen LogP contribution in [0.1, 0.15) is 19.4 Å². The highest BCUT2D eigenvalue weighted by atomic mass is 16.5. The molecule has 21 heavy (non-hydrogen) atoms. The Morgan fingerprint density at radius 1 is 1.52 bits per heavy atom. The zero-order chi connectivity index (χ0) is 15.4. The van der Waals surface area contributed by atoms with Crippen LogP contribution in [0.25, 0.3) is 5.57 Å². The highest BCUT2D eigenvalue weighted by Gasteiger charge is 2.37. The Morgan fingerprint density at radius 2 is 2.19 bits per heavy atom. The van der Waals surface area contributed by atoms with E-state index in [4.69, 9.17) is 15.2 Å². The normalized spacial score (nSPS) is 18.0. The number of esters is 1. The van der Waals surface area contributed by atoms with Crippen molar-refractivity contribution >= 4 is 11.5 Å². The SMILES string of the molecule is CCOC(=O)[C@@H]1C(C#N)=C(N)OC(C)=C1c1ccncc1. The Labute approximate surface area is 122 Å². The molecule has 0 fully saturated rings. The van der Waals surface area contributed by atoms with Gasteiger partial charge < -0.3 is 15.2 Å². The highest BCUT2D eigenvalue weighted by molar-refractivity contribution is 5.94. The Kier molecular flexibility index (Phi) is 4.24. The third kappa shape index (κ3) is 2.72. The van der Waals surface area contributed by atoms with Crippen molar-refractivity contribution in [3.05, 3.63) is 47.3 Å². The monoisotopic (exact) mass is 285 g/mol. The lowest BCUT2D eigenvalue weighted by molar-refractivity contribution is -0.144. The van der Waals surface area contributed by atoms with Crippen LogP contribution in [0.5, 0.6) is 0 Å². The minimum atomic E-state index is -0.883. The number of carbonyl (C=O) groups is 1. The summed E-state index contributed by atoms with van der Waals surface area (Å²) in [6, 6.07) is 5.42. The second-order valence-corrected chi connectivity index (χ2v) is 4.38. The van der Waals surface area contributed by atoms with Crippen LogP contribution >= 0.6 is 0 Å². The molecule has 2 rings (SSSR count). The lowest BCUT2D eigenvalue weighted by Crippen LogP contribution is -2.28. The van der Waals surface area contributed by atoms with Gasteiger partial charge in [0.2, 0.25) is 5.88 Å². The second kappa shape index (κ2) is 6.09. The van der Waals surface area contributed by atoms with Crippen molar-refractivity contribution in [1.82, 2.24) is 4.98 Å². The summed E-state index contributed by atoms with van der Waals surface area (Å²) in [6.07, 6.45) is 3.21. The summed E-state index contributed by atoms with van der Waals surface area (Å²) in [5.41, 5.74) is 7.09. The zero-order valence-electron chi connectivity index (χ0n) is 11.8. The number of hydrogen-bond acceptors (Lipinski definition) is 6. The third-order valence-corrected chi connectivity index (χ3v) is 3.12. The molecule has 0 radical (unpaired) electrons. The number of nitriles is 1. The van der Waals surface area contributed by atoms with Crippen molar-refractivity contribution in [2.75, 3.05) is 6.61 Å². The molecule has 0 saturated heterocycles. The molecule has 1 aromatic heterocycles. The number of hydrogen-bond donors (Lipinski definition) is 1. The van der Waals surface area contributed by atoms with E-state index >= 15 is 0 Å². The van der Waals surface area contributed by atoms with Crippen LogP contribution in [0.15, 0.2) is 41.7 Å². The number of nitrogens with zero attached hydrogens (tertiary/aromatic N) is 2. The van der Waals surface area contributed by atoms with Crippen LogP contribution in [-0.2, 0) is 14.3 Å². The molecule has 0 amide bonds. The molecule has 1 aliphatic heterocycles. The molecule has 1 aromatic rings. The van der Waals surface area contributed by atoms with Crippen LogP contribution in [-0.4, -0.2) is 17.6 Å². The Balaban J connectivity index is 2.57. The van der Waals surface area contributed by atoms with Crippen molar-refractivity contribution in [3.63, 3.8) is 0 Å². The number of ether oxygens (including phenoxy) is 2. The largest absolute Gasteiger partial charge is 0.465 e. The molecule has 1 atom stereocenters. The van der Waals surface area contributed by atoms with E-state index in [1.165, 1.54) is 0 Å². The summed E-state index contributed by atoms with van der Waals surface area (Å²) in [4.78, 5) is 16.2. The molecule has 6 nitrogen and oxygen atoms in total. The number of nitrogens with two attached hydrogens (primary N) is 1. The maximum Gasteiger partial charge on any atom is 0.319 e. The Morgan fingerprint density at radius 3 is 2.76 bits per heavy atom. The van der Waals surface area contributed by atoms with Gasteiger partial charge in [-0.25, -0.2) is 0 Å². The molecule has 0 aromatic carbocycles. The molecule has 0 spiro atoms. The topological polar surface area (TPSA) is 98.2 Å². The van der Waals surface area contributed by atoms with Gasteiger partial charge in [0.25, 0.3) is 0 Å². The lowest BCUT2D eigenvalue weighted by atomic mass is 9.85. The maximum absolute atomic E-state index is 12.3. The first-order valence-corrected chi connectivity index (χ1v) is 6.45. The van der Waals surface area contributed by atoms with Crippen LogP contribution < -0.4 is 5.73 Å². The van der Waals surface area contributed by atoms with Gasteiger partial charge in [0, 0.05) is 18.0 Å². The fourth-order valence-corrected chi connectivity index (χ4v) is 2.25. The van der Waals surface area contributed by atoms with Crippen molar-refractivity contribution in [3.8, 4) is 6.07 Å². The lowest BCUT2D eigenvalue weighted by Gasteiger charge is -2.26. The van der Waals surface area contributed by atoms with Gasteiger partial charge in [0.15, 0.2) is 0 Å². The zero-order valence-corrected chi connectivity index (χ0v) is 11.8. The first-order valence-electron chi connectivity index (χ1n) is 6.45. The highest BCUT2D eigenvalue weighted by Crippen LogP contribution is 2.38. The van der Waals surface area contributed by atoms with E-state index in [2.05, 4.69) is 4.98 Å². The predicted octanol–water partition coefficient (Wildman–Crippen LogP) is 1.72. The van der Waals surface area contributed by atoms with Crippen LogP contribution in [0.2, 0.25) is 0 Å². The second-order valence-electron chi connectivity index (χ2n) is 4.38. The summed E-state index contributed by atoms with van der Waals surface area (Å²) in [5, 5.41) is 9.29. The molecule has 108 valence electrons. The molecule has 2 N–H and O–H groups in total. The van der Waals surface area contributed by atoms with Gasteiger partial charge in [0.05, 0.1) is 6.61 Å². The molecule has 2 heterocycles. The van der Waals surface area contributed by atoms with Crippen molar-refractivity contribution in [2.24, 2.45) is 11.7 Å². The van der Waals surface area contributed by atoms with Gasteiger partial charge >= 0.3 is 5.97 Å². The van der Waals surface area contributed by atoms with Crippen molar-refractivity contribution in [2.45, 2.75) is 13.8 Å². The fraction of sp³-hybridized carbons (Fsp3) is 0.267. The Bertz CT molecular complexity index is 656. The smallest absolute Gasteiger partial charge is 0.319 e. The van der Waals surface area contributed by atoms with E-state index in [0.717, 1.165) is 5.56 Å². The van der Waals surface area contributed by atoms with Crippen molar-refractivity contribution < 1.29 is 14.3 Å². The van der Waals surface area contributed by atoms with Crippen LogP contribution in [0, 0.1) is 17.2 Å². The predicted molar refractivity (Wildman–Crippen MR) is 74.9 cm³/mol. The molecule has 0 aliphatic carbocycles. The average molecular weight is 285 g/mol. The van der Waals surface area contributed by atoms with Crippen LogP contribution in [0.4, 0.5) is 0 Å². The summed E-state index contributed by atoms with van der Waals surface area (Å²) in [7, 11) is 0. The summed E-state index contributed by atoms with van der Waals surface area (Å²) in [5.74, 6) is -1.00. The van der Waals surface area contributed by atoms with E-state index in [0.29, 0.717) is 11.3 Å². The maximum atomic E-state index is 12.3. The van der Waals surface area contributed by atoms with Gasteiger partial charge in [-0.2, -0.15) is 5.26 Å². The van der Waals surface area contributed by atoms with Gasteiger partial charge in [-0.3, -0.25) is 9.78 Å². The van der Waals surface area contributed by atoms with E-state index in [-0.39, 0.29) is 18.1 Å². The molecule has 0 unspecified atom stereocenters. The first-order chi connectivity index (χ1) is 10.1. The molecule has 0 bridgehead atoms. The summed E-state index contributed by atoms with van der Waals surface area (Å²) in [6.45, 7) is 3.62. The average Bonchev–Trinajstić information content (AvgIpc) is 2.47. The fourth-order valence-electron chi connectivity index (χ4n) is 2.25. The number of aromatic nitrogens is 1. The summed E-state index contributed by atoms with van der Waals surface area (Å²) >= 11 is 0. The number of rotatable bonds is 3. The molecule has 1 aliphatic rings. The quantitative estimate of drug-likeness (QED) is 0.849. The van der Waals surface area contributed by atoms with E-state index < -0.39 is 11.9 Å². The number of pyridine rings is 1. The molecular formula is C15H15N3O3. The van der Waals surface area contributed by atoms with E-state index in [9.17, 15) is 10.1 Å². The van der Waals surface area contributed by atoms with Crippen molar-refractivity contribution in [1.29, 1.82) is 5.26 Å². The third-order valence-electron chi connectivity index (χ3n) is 3.12. The minimum absolute atomic E-state index is 0.0610. The molecule has 0 saturated carbocycles. The number of allylic oxidation sites excluding steroid dienone is 1. The minimum Gasteiger partial charge on any atom is -0.465 e. The van der Waals surface area contributed by atoms with Gasteiger partial charge in [0.1, 0.15) is 23.3 Å².